The predicted octanol–water partition coefficient (Wildman–Crippen LogP) is 3.87. The fourth-order valence-electron chi connectivity index (χ4n) is 1.68. The van der Waals surface area contributed by atoms with Gasteiger partial charge in [-0.25, -0.2) is 0 Å². The number of rotatable bonds is 2. The molecular weight excluding hydrogens is 192 g/mol. The Bertz CT molecular complexity index is 395. The van der Waals surface area contributed by atoms with Crippen LogP contribution in [-0.4, -0.2) is 9.36 Å². The SMILES string of the molecule is CC(C)c1nsc2c(C(C)C)c[nH]c12. The minimum Gasteiger partial charge on any atom is -0.359 e. The van der Waals surface area contributed by atoms with Gasteiger partial charge in [-0.1, -0.05) is 27.7 Å². The second kappa shape index (κ2) is 3.39. The van der Waals surface area contributed by atoms with E-state index >= 15 is 0 Å². The van der Waals surface area contributed by atoms with Crippen LogP contribution in [0.25, 0.3) is 10.2 Å². The average Bonchev–Trinajstić information content (AvgIpc) is 2.59. The molecule has 14 heavy (non-hydrogen) atoms. The van der Waals surface area contributed by atoms with E-state index in [9.17, 15) is 0 Å². The zero-order chi connectivity index (χ0) is 10.3. The molecule has 0 aliphatic rings. The molecule has 1 N–H and O–H groups in total. The number of fused-ring (bicyclic) bond motifs is 1. The highest BCUT2D eigenvalue weighted by molar-refractivity contribution is 7.13. The number of hydrogen-bond donors (Lipinski definition) is 1. The largest absolute Gasteiger partial charge is 0.359 e. The Kier molecular flexibility index (Phi) is 2.35. The number of nitrogens with zero attached hydrogens (tertiary/aromatic N) is 1. The van der Waals surface area contributed by atoms with Crippen LogP contribution in [-0.2, 0) is 0 Å². The van der Waals surface area contributed by atoms with Crippen LogP contribution in [0.1, 0.15) is 50.8 Å². The molecule has 0 saturated heterocycles. The third kappa shape index (κ3) is 1.36. The summed E-state index contributed by atoms with van der Waals surface area (Å²) in [5.74, 6) is 1.08. The fraction of sp³-hybridized carbons (Fsp3) is 0.545. The van der Waals surface area contributed by atoms with Crippen molar-refractivity contribution >= 4 is 21.7 Å². The van der Waals surface area contributed by atoms with E-state index in [4.69, 9.17) is 0 Å². The van der Waals surface area contributed by atoms with E-state index in [0.29, 0.717) is 11.8 Å². The molecule has 0 fully saturated rings. The molecule has 2 aromatic rings. The molecule has 2 aromatic heterocycles. The first-order valence-electron chi connectivity index (χ1n) is 5.07. The topological polar surface area (TPSA) is 28.7 Å². The van der Waals surface area contributed by atoms with Crippen LogP contribution in [0.15, 0.2) is 6.20 Å². The highest BCUT2D eigenvalue weighted by Crippen LogP contribution is 2.33. The molecule has 0 bridgehead atoms. The van der Waals surface area contributed by atoms with Crippen LogP contribution in [0, 0.1) is 0 Å². The Labute approximate surface area is 88.5 Å². The second-order valence-electron chi connectivity index (χ2n) is 4.33. The smallest absolute Gasteiger partial charge is 0.0808 e. The Morgan fingerprint density at radius 3 is 2.50 bits per heavy atom. The van der Waals surface area contributed by atoms with Gasteiger partial charge in [-0.15, -0.1) is 0 Å². The van der Waals surface area contributed by atoms with Crippen molar-refractivity contribution in [2.45, 2.75) is 39.5 Å². The highest BCUT2D eigenvalue weighted by Gasteiger charge is 2.15. The highest BCUT2D eigenvalue weighted by atomic mass is 32.1. The van der Waals surface area contributed by atoms with Crippen molar-refractivity contribution in [3.05, 3.63) is 17.5 Å². The normalized spacial score (nSPS) is 12.1. The molecule has 0 aromatic carbocycles. The quantitative estimate of drug-likeness (QED) is 0.797. The van der Waals surface area contributed by atoms with Crippen molar-refractivity contribution in [3.8, 4) is 0 Å². The van der Waals surface area contributed by atoms with Crippen LogP contribution in [0.5, 0.6) is 0 Å². The first-order chi connectivity index (χ1) is 6.61. The van der Waals surface area contributed by atoms with E-state index in [1.165, 1.54) is 21.5 Å². The molecule has 0 unspecified atom stereocenters. The number of aromatic amines is 1. The van der Waals surface area contributed by atoms with Gasteiger partial charge in [0.15, 0.2) is 0 Å². The monoisotopic (exact) mass is 208 g/mol. The van der Waals surface area contributed by atoms with Crippen molar-refractivity contribution in [2.24, 2.45) is 0 Å². The summed E-state index contributed by atoms with van der Waals surface area (Å²) < 4.78 is 5.85. The number of hydrogen-bond acceptors (Lipinski definition) is 2. The Balaban J connectivity index is 2.61. The van der Waals surface area contributed by atoms with Gasteiger partial charge in [0.2, 0.25) is 0 Å². The summed E-state index contributed by atoms with van der Waals surface area (Å²) in [5.41, 5.74) is 3.84. The molecule has 2 rings (SSSR count). The molecule has 0 radical (unpaired) electrons. The van der Waals surface area contributed by atoms with E-state index in [1.54, 1.807) is 11.5 Å². The van der Waals surface area contributed by atoms with E-state index in [2.05, 4.69) is 43.2 Å². The minimum atomic E-state index is 0.502. The van der Waals surface area contributed by atoms with E-state index in [-0.39, 0.29) is 0 Å². The maximum absolute atomic E-state index is 4.51. The van der Waals surface area contributed by atoms with Crippen molar-refractivity contribution in [3.63, 3.8) is 0 Å². The summed E-state index contributed by atoms with van der Waals surface area (Å²) in [6, 6.07) is 0. The van der Waals surface area contributed by atoms with Gasteiger partial charge in [-0.2, -0.15) is 4.37 Å². The lowest BCUT2D eigenvalue weighted by atomic mass is 10.1. The van der Waals surface area contributed by atoms with E-state index < -0.39 is 0 Å². The molecule has 0 aliphatic carbocycles. The van der Waals surface area contributed by atoms with Crippen LogP contribution in [0.3, 0.4) is 0 Å². The number of nitrogens with one attached hydrogen (secondary N) is 1. The van der Waals surface area contributed by atoms with Crippen LogP contribution >= 0.6 is 11.5 Å². The minimum absolute atomic E-state index is 0.502. The second-order valence-corrected chi connectivity index (χ2v) is 5.10. The fourth-order valence-corrected chi connectivity index (χ4v) is 2.82. The molecule has 0 spiro atoms. The van der Waals surface area contributed by atoms with E-state index in [1.807, 2.05) is 0 Å². The molecule has 76 valence electrons. The summed E-state index contributed by atoms with van der Waals surface area (Å²) >= 11 is 1.62. The summed E-state index contributed by atoms with van der Waals surface area (Å²) in [5, 5.41) is 0. The average molecular weight is 208 g/mol. The van der Waals surface area contributed by atoms with Crippen LogP contribution in [0.2, 0.25) is 0 Å². The third-order valence-electron chi connectivity index (χ3n) is 2.52. The van der Waals surface area contributed by atoms with Crippen LogP contribution in [0.4, 0.5) is 0 Å². The third-order valence-corrected chi connectivity index (χ3v) is 3.43. The maximum atomic E-state index is 4.51. The van der Waals surface area contributed by atoms with Gasteiger partial charge in [-0.05, 0) is 28.9 Å². The summed E-state index contributed by atoms with van der Waals surface area (Å²) in [4.78, 5) is 3.35. The molecule has 3 heteroatoms. The first-order valence-corrected chi connectivity index (χ1v) is 5.85. The lowest BCUT2D eigenvalue weighted by Crippen LogP contribution is -1.86. The van der Waals surface area contributed by atoms with E-state index in [0.717, 1.165) is 0 Å². The molecule has 0 saturated carbocycles. The zero-order valence-electron chi connectivity index (χ0n) is 9.09. The lowest BCUT2D eigenvalue weighted by Gasteiger charge is -1.98. The van der Waals surface area contributed by atoms with Crippen molar-refractivity contribution in [2.75, 3.05) is 0 Å². The Morgan fingerprint density at radius 2 is 1.93 bits per heavy atom. The predicted molar refractivity (Wildman–Crippen MR) is 62.1 cm³/mol. The molecule has 0 amide bonds. The molecular formula is C11H16N2S. The molecule has 0 atom stereocenters. The summed E-state index contributed by atoms with van der Waals surface area (Å²) in [6.07, 6.45) is 2.12. The van der Waals surface area contributed by atoms with Gasteiger partial charge in [0.05, 0.1) is 15.9 Å². The molecule has 2 nitrogen and oxygen atoms in total. The van der Waals surface area contributed by atoms with Gasteiger partial charge >= 0.3 is 0 Å². The maximum Gasteiger partial charge on any atom is 0.0808 e. The summed E-state index contributed by atoms with van der Waals surface area (Å²) in [7, 11) is 0. The van der Waals surface area contributed by atoms with Crippen molar-refractivity contribution in [1.82, 2.24) is 9.36 Å². The Hall–Kier alpha value is -0.830. The van der Waals surface area contributed by atoms with Gasteiger partial charge in [0.25, 0.3) is 0 Å². The summed E-state index contributed by atoms with van der Waals surface area (Å²) in [6.45, 7) is 8.81. The van der Waals surface area contributed by atoms with Gasteiger partial charge in [-0.3, -0.25) is 0 Å². The van der Waals surface area contributed by atoms with Crippen molar-refractivity contribution in [1.29, 1.82) is 0 Å². The number of aromatic nitrogens is 2. The van der Waals surface area contributed by atoms with Crippen molar-refractivity contribution < 1.29 is 0 Å². The lowest BCUT2D eigenvalue weighted by molar-refractivity contribution is 0.846. The van der Waals surface area contributed by atoms with Gasteiger partial charge in [0, 0.05) is 6.20 Å². The number of H-pyrrole nitrogens is 1. The van der Waals surface area contributed by atoms with Crippen LogP contribution < -0.4 is 0 Å². The standard InChI is InChI=1S/C11H16N2S/c1-6(2)8-5-12-10-9(7(3)4)13-14-11(8)10/h5-7,12H,1-4H3. The molecule has 2 heterocycles. The Morgan fingerprint density at radius 1 is 1.21 bits per heavy atom. The first kappa shape index (κ1) is 9.71. The van der Waals surface area contributed by atoms with Gasteiger partial charge in [0.1, 0.15) is 0 Å². The van der Waals surface area contributed by atoms with Gasteiger partial charge < -0.3 is 4.98 Å². The zero-order valence-corrected chi connectivity index (χ0v) is 9.90. The molecule has 0 aliphatic heterocycles.